The first-order chi connectivity index (χ1) is 16.0. The van der Waals surface area contributed by atoms with Gasteiger partial charge in [0.15, 0.2) is 0 Å². The topological polar surface area (TPSA) is 86.8 Å². The van der Waals surface area contributed by atoms with E-state index in [2.05, 4.69) is 5.32 Å². The molecule has 0 radical (unpaired) electrons. The van der Waals surface area contributed by atoms with E-state index in [1.54, 1.807) is 6.92 Å². The molecule has 2 aromatic carbocycles. The normalized spacial score (nSPS) is 12.2. The molecular formula is C23H28ClF2N3O4S. The minimum atomic E-state index is -3.97. The van der Waals surface area contributed by atoms with E-state index in [-0.39, 0.29) is 29.6 Å². The Kier molecular flexibility index (Phi) is 9.81. The molecular weight excluding hydrogens is 488 g/mol. The highest BCUT2D eigenvalue weighted by Crippen LogP contribution is 2.25. The predicted octanol–water partition coefficient (Wildman–Crippen LogP) is 3.72. The number of sulfonamides is 1. The van der Waals surface area contributed by atoms with Crippen molar-refractivity contribution in [1.82, 2.24) is 10.2 Å². The van der Waals surface area contributed by atoms with Gasteiger partial charge in [-0.15, -0.1) is 0 Å². The van der Waals surface area contributed by atoms with E-state index in [4.69, 9.17) is 11.6 Å². The fraction of sp³-hybridized carbons (Fsp3) is 0.391. The average molecular weight is 516 g/mol. The van der Waals surface area contributed by atoms with Gasteiger partial charge in [0.2, 0.25) is 21.8 Å². The molecule has 1 atom stereocenters. The maximum atomic E-state index is 13.6. The fourth-order valence-corrected chi connectivity index (χ4v) is 4.34. The fourth-order valence-electron chi connectivity index (χ4n) is 3.33. The monoisotopic (exact) mass is 515 g/mol. The van der Waals surface area contributed by atoms with Gasteiger partial charge in [0.25, 0.3) is 0 Å². The van der Waals surface area contributed by atoms with Crippen molar-refractivity contribution in [3.63, 3.8) is 0 Å². The second-order valence-electron chi connectivity index (χ2n) is 7.73. The SMILES string of the molecule is CCCNC(=O)C(CC)N(Cc1ccc(F)cc1)C(=O)CN(c1ccc(F)c(Cl)c1)S(C)(=O)=O. The second-order valence-corrected chi connectivity index (χ2v) is 10.0. The second kappa shape index (κ2) is 12.1. The van der Waals surface area contributed by atoms with Crippen molar-refractivity contribution >= 4 is 39.1 Å². The standard InChI is InChI=1S/C23H28ClF2N3O4S/c1-4-12-27-23(31)21(5-2)28(14-16-6-8-17(25)9-7-16)22(30)15-29(34(3,32)33)18-10-11-20(26)19(24)13-18/h6-11,13,21H,4-5,12,14-15H2,1-3H3,(H,27,31). The lowest BCUT2D eigenvalue weighted by atomic mass is 10.1. The number of hydrogen-bond donors (Lipinski definition) is 1. The molecule has 34 heavy (non-hydrogen) atoms. The summed E-state index contributed by atoms with van der Waals surface area (Å²) in [7, 11) is -3.97. The summed E-state index contributed by atoms with van der Waals surface area (Å²) >= 11 is 5.81. The van der Waals surface area contributed by atoms with Crippen LogP contribution in [0.25, 0.3) is 0 Å². The maximum absolute atomic E-state index is 13.6. The maximum Gasteiger partial charge on any atom is 0.244 e. The van der Waals surface area contributed by atoms with Crippen LogP contribution in [0.1, 0.15) is 32.3 Å². The zero-order valence-corrected chi connectivity index (χ0v) is 20.8. The van der Waals surface area contributed by atoms with Crippen molar-refractivity contribution in [2.24, 2.45) is 0 Å². The van der Waals surface area contributed by atoms with Crippen molar-refractivity contribution in [2.45, 2.75) is 39.3 Å². The molecule has 0 heterocycles. The molecule has 0 bridgehead atoms. The van der Waals surface area contributed by atoms with Crippen LogP contribution in [0.4, 0.5) is 14.5 Å². The third-order valence-corrected chi connectivity index (χ3v) is 6.50. The average Bonchev–Trinajstić information content (AvgIpc) is 2.78. The molecule has 0 aliphatic carbocycles. The number of nitrogens with one attached hydrogen (secondary N) is 1. The number of amides is 2. The lowest BCUT2D eigenvalue weighted by Gasteiger charge is -2.33. The van der Waals surface area contributed by atoms with Crippen molar-refractivity contribution in [3.8, 4) is 0 Å². The van der Waals surface area contributed by atoms with Gasteiger partial charge in [-0.1, -0.05) is 37.6 Å². The Balaban J connectivity index is 2.43. The van der Waals surface area contributed by atoms with Crippen LogP contribution in [-0.2, 0) is 26.2 Å². The summed E-state index contributed by atoms with van der Waals surface area (Å²) in [5.74, 6) is -2.23. The molecule has 11 heteroatoms. The summed E-state index contributed by atoms with van der Waals surface area (Å²) in [5, 5.41) is 2.46. The smallest absolute Gasteiger partial charge is 0.244 e. The zero-order valence-electron chi connectivity index (χ0n) is 19.2. The Hall–Kier alpha value is -2.72. The molecule has 1 N–H and O–H groups in total. The molecule has 2 rings (SSSR count). The molecule has 0 saturated carbocycles. The molecule has 0 fully saturated rings. The molecule has 0 aliphatic rings. The molecule has 7 nitrogen and oxygen atoms in total. The molecule has 1 unspecified atom stereocenters. The first kappa shape index (κ1) is 27.5. The van der Waals surface area contributed by atoms with Crippen LogP contribution in [0.5, 0.6) is 0 Å². The lowest BCUT2D eigenvalue weighted by molar-refractivity contribution is -0.140. The molecule has 186 valence electrons. The van der Waals surface area contributed by atoms with Gasteiger partial charge in [-0.2, -0.15) is 0 Å². The van der Waals surface area contributed by atoms with E-state index in [0.29, 0.717) is 18.5 Å². The first-order valence-corrected chi connectivity index (χ1v) is 12.9. The number of hydrogen-bond acceptors (Lipinski definition) is 4. The van der Waals surface area contributed by atoms with Gasteiger partial charge in [0.05, 0.1) is 17.0 Å². The minimum Gasteiger partial charge on any atom is -0.354 e. The third kappa shape index (κ3) is 7.39. The van der Waals surface area contributed by atoms with Crippen molar-refractivity contribution in [3.05, 3.63) is 64.7 Å². The molecule has 0 saturated heterocycles. The highest BCUT2D eigenvalue weighted by atomic mass is 35.5. The van der Waals surface area contributed by atoms with Gasteiger partial charge in [0.1, 0.15) is 24.2 Å². The number of carbonyl (C=O) groups is 2. The number of nitrogens with zero attached hydrogens (tertiary/aromatic N) is 2. The van der Waals surface area contributed by atoms with E-state index in [0.717, 1.165) is 22.7 Å². The zero-order chi connectivity index (χ0) is 25.5. The molecule has 0 aliphatic heterocycles. The number of anilines is 1. The van der Waals surface area contributed by atoms with Crippen LogP contribution >= 0.6 is 11.6 Å². The van der Waals surface area contributed by atoms with Crippen molar-refractivity contribution < 1.29 is 26.8 Å². The van der Waals surface area contributed by atoms with Crippen LogP contribution in [0, 0.1) is 11.6 Å². The highest BCUT2D eigenvalue weighted by Gasteiger charge is 2.31. The Morgan fingerprint density at radius 3 is 2.26 bits per heavy atom. The summed E-state index contributed by atoms with van der Waals surface area (Å²) in [6.45, 7) is 3.35. The minimum absolute atomic E-state index is 0.00691. The van der Waals surface area contributed by atoms with Gasteiger partial charge in [-0.3, -0.25) is 13.9 Å². The van der Waals surface area contributed by atoms with Crippen LogP contribution in [0.3, 0.4) is 0 Å². The number of carbonyl (C=O) groups excluding carboxylic acids is 2. The van der Waals surface area contributed by atoms with Gasteiger partial charge in [-0.25, -0.2) is 17.2 Å². The van der Waals surface area contributed by atoms with Gasteiger partial charge < -0.3 is 10.2 Å². The summed E-state index contributed by atoms with van der Waals surface area (Å²) in [6.07, 6.45) is 1.87. The Morgan fingerprint density at radius 2 is 1.74 bits per heavy atom. The number of benzene rings is 2. The van der Waals surface area contributed by atoms with Crippen LogP contribution in [0.2, 0.25) is 5.02 Å². The lowest BCUT2D eigenvalue weighted by Crippen LogP contribution is -2.52. The summed E-state index contributed by atoms with van der Waals surface area (Å²) in [5.41, 5.74) is 0.569. The summed E-state index contributed by atoms with van der Waals surface area (Å²) < 4.78 is 52.8. The Labute approximate surface area is 203 Å². The highest BCUT2D eigenvalue weighted by molar-refractivity contribution is 7.92. The quantitative estimate of drug-likeness (QED) is 0.494. The van der Waals surface area contributed by atoms with Crippen LogP contribution in [0.15, 0.2) is 42.5 Å². The van der Waals surface area contributed by atoms with Crippen molar-refractivity contribution in [1.29, 1.82) is 0 Å². The number of rotatable bonds is 11. The molecule has 0 aromatic heterocycles. The van der Waals surface area contributed by atoms with E-state index in [1.165, 1.54) is 35.2 Å². The Bertz CT molecular complexity index is 1110. The van der Waals surface area contributed by atoms with Gasteiger partial charge in [0, 0.05) is 13.1 Å². The summed E-state index contributed by atoms with van der Waals surface area (Å²) in [6, 6.07) is 7.87. The summed E-state index contributed by atoms with van der Waals surface area (Å²) in [4.78, 5) is 27.5. The van der Waals surface area contributed by atoms with Crippen molar-refractivity contribution in [2.75, 3.05) is 23.7 Å². The van der Waals surface area contributed by atoms with E-state index >= 15 is 0 Å². The Morgan fingerprint density at radius 1 is 1.09 bits per heavy atom. The van der Waals surface area contributed by atoms with Gasteiger partial charge in [-0.05, 0) is 48.7 Å². The van der Waals surface area contributed by atoms with Crippen LogP contribution < -0.4 is 9.62 Å². The van der Waals surface area contributed by atoms with Crippen LogP contribution in [-0.4, -0.2) is 50.5 Å². The van der Waals surface area contributed by atoms with E-state index in [9.17, 15) is 26.8 Å². The molecule has 2 aromatic rings. The largest absolute Gasteiger partial charge is 0.354 e. The third-order valence-electron chi connectivity index (χ3n) is 5.07. The predicted molar refractivity (Wildman–Crippen MR) is 128 cm³/mol. The van der Waals surface area contributed by atoms with E-state index < -0.39 is 40.2 Å². The van der Waals surface area contributed by atoms with E-state index in [1.807, 2.05) is 6.92 Å². The molecule has 2 amide bonds. The first-order valence-electron chi connectivity index (χ1n) is 10.7. The number of halogens is 3. The molecule has 0 spiro atoms. The van der Waals surface area contributed by atoms with Gasteiger partial charge >= 0.3 is 0 Å².